The quantitative estimate of drug-likeness (QED) is 0.598. The highest BCUT2D eigenvalue weighted by Gasteiger charge is 2.57. The number of ether oxygens (including phenoxy) is 1. The SMILES string of the molecule is O=c1ccn([C@@H]2O[C@](F)(CO)[C@@H](O)C2F)c(=O)[nH]1. The van der Waals surface area contributed by atoms with Crippen molar-refractivity contribution in [2.24, 2.45) is 0 Å². The molecule has 0 saturated carbocycles. The van der Waals surface area contributed by atoms with E-state index in [1.807, 2.05) is 4.98 Å². The topological polar surface area (TPSA) is 105 Å². The van der Waals surface area contributed by atoms with Crippen molar-refractivity contribution in [2.75, 3.05) is 6.61 Å². The molecule has 0 aromatic carbocycles. The first-order chi connectivity index (χ1) is 8.39. The molecule has 0 amide bonds. The number of halogens is 2. The Morgan fingerprint density at radius 2 is 2.22 bits per heavy atom. The van der Waals surface area contributed by atoms with E-state index in [1.54, 1.807) is 0 Å². The molecule has 3 N–H and O–H groups in total. The molecule has 0 radical (unpaired) electrons. The zero-order valence-electron chi connectivity index (χ0n) is 8.92. The molecule has 1 aliphatic rings. The van der Waals surface area contributed by atoms with Gasteiger partial charge in [-0.25, -0.2) is 13.6 Å². The highest BCUT2D eigenvalue weighted by molar-refractivity contribution is 4.96. The largest absolute Gasteiger partial charge is 0.390 e. The van der Waals surface area contributed by atoms with Crippen molar-refractivity contribution in [2.45, 2.75) is 24.4 Å². The fraction of sp³-hybridized carbons (Fsp3) is 0.556. The number of aromatic nitrogens is 2. The van der Waals surface area contributed by atoms with Crippen molar-refractivity contribution in [3.05, 3.63) is 33.1 Å². The number of nitrogens with one attached hydrogen (secondary N) is 1. The summed E-state index contributed by atoms with van der Waals surface area (Å²) in [6, 6.07) is 0.918. The van der Waals surface area contributed by atoms with Gasteiger partial charge in [0.2, 0.25) is 0 Å². The molecular formula is C9H10F2N2O5. The van der Waals surface area contributed by atoms with Crippen LogP contribution in [0.15, 0.2) is 21.9 Å². The second-order valence-electron chi connectivity index (χ2n) is 3.86. The van der Waals surface area contributed by atoms with Gasteiger partial charge in [-0.05, 0) is 0 Å². The number of aromatic amines is 1. The maximum absolute atomic E-state index is 13.7. The smallest absolute Gasteiger partial charge is 0.330 e. The van der Waals surface area contributed by atoms with Crippen molar-refractivity contribution in [3.63, 3.8) is 0 Å². The summed E-state index contributed by atoms with van der Waals surface area (Å²) in [4.78, 5) is 24.0. The fourth-order valence-electron chi connectivity index (χ4n) is 1.70. The minimum Gasteiger partial charge on any atom is -0.390 e. The van der Waals surface area contributed by atoms with Gasteiger partial charge >= 0.3 is 5.69 Å². The van der Waals surface area contributed by atoms with Crippen LogP contribution in [0.3, 0.4) is 0 Å². The van der Waals surface area contributed by atoms with E-state index < -0.39 is 42.2 Å². The predicted molar refractivity (Wildman–Crippen MR) is 53.3 cm³/mol. The third kappa shape index (κ3) is 1.85. The first-order valence-electron chi connectivity index (χ1n) is 5.00. The Kier molecular flexibility index (Phi) is 3.05. The Morgan fingerprint density at radius 3 is 2.72 bits per heavy atom. The lowest BCUT2D eigenvalue weighted by atomic mass is 10.1. The van der Waals surface area contributed by atoms with Gasteiger partial charge in [0, 0.05) is 12.3 Å². The summed E-state index contributed by atoms with van der Waals surface area (Å²) in [7, 11) is 0. The van der Waals surface area contributed by atoms with Crippen LogP contribution >= 0.6 is 0 Å². The lowest BCUT2D eigenvalue weighted by Crippen LogP contribution is -2.41. The molecule has 4 atom stereocenters. The summed E-state index contributed by atoms with van der Waals surface area (Å²) in [5.74, 6) is -2.99. The van der Waals surface area contributed by atoms with Crippen LogP contribution in [0.2, 0.25) is 0 Å². The molecule has 18 heavy (non-hydrogen) atoms. The number of hydrogen-bond acceptors (Lipinski definition) is 5. The van der Waals surface area contributed by atoms with E-state index in [4.69, 9.17) is 5.11 Å². The van der Waals surface area contributed by atoms with Crippen molar-refractivity contribution in [3.8, 4) is 0 Å². The summed E-state index contributed by atoms with van der Waals surface area (Å²) in [6.45, 7) is -1.26. The molecular weight excluding hydrogens is 254 g/mol. The van der Waals surface area contributed by atoms with Gasteiger partial charge in [0.1, 0.15) is 6.61 Å². The third-order valence-corrected chi connectivity index (χ3v) is 2.67. The lowest BCUT2D eigenvalue weighted by molar-refractivity contribution is -0.207. The van der Waals surface area contributed by atoms with Crippen molar-refractivity contribution in [1.82, 2.24) is 9.55 Å². The van der Waals surface area contributed by atoms with Gasteiger partial charge < -0.3 is 14.9 Å². The van der Waals surface area contributed by atoms with Gasteiger partial charge in [0.15, 0.2) is 18.5 Å². The maximum Gasteiger partial charge on any atom is 0.330 e. The Labute approximate surface area is 98.3 Å². The second-order valence-corrected chi connectivity index (χ2v) is 3.86. The second kappa shape index (κ2) is 4.26. The summed E-state index contributed by atoms with van der Waals surface area (Å²) in [5.41, 5.74) is -1.72. The van der Waals surface area contributed by atoms with Gasteiger partial charge in [-0.2, -0.15) is 0 Å². The Morgan fingerprint density at radius 1 is 1.56 bits per heavy atom. The van der Waals surface area contributed by atoms with Crippen LogP contribution in [0.4, 0.5) is 8.78 Å². The molecule has 1 aliphatic heterocycles. The molecule has 100 valence electrons. The Balaban J connectivity index is 2.41. The van der Waals surface area contributed by atoms with Crippen molar-refractivity contribution < 1.29 is 23.7 Å². The van der Waals surface area contributed by atoms with Crippen LogP contribution in [0, 0.1) is 0 Å². The number of rotatable bonds is 2. The molecule has 1 aromatic heterocycles. The fourth-order valence-corrected chi connectivity index (χ4v) is 1.70. The van der Waals surface area contributed by atoms with Crippen LogP contribution in [0.1, 0.15) is 6.23 Å². The zero-order valence-corrected chi connectivity index (χ0v) is 8.92. The van der Waals surface area contributed by atoms with Gasteiger partial charge in [0.05, 0.1) is 0 Å². The minimum atomic E-state index is -2.99. The van der Waals surface area contributed by atoms with Crippen molar-refractivity contribution >= 4 is 0 Å². The van der Waals surface area contributed by atoms with E-state index in [1.165, 1.54) is 0 Å². The van der Waals surface area contributed by atoms with E-state index in [0.717, 1.165) is 12.3 Å². The average molecular weight is 264 g/mol. The van der Waals surface area contributed by atoms with Crippen LogP contribution in [0.5, 0.6) is 0 Å². The van der Waals surface area contributed by atoms with Gasteiger partial charge in [-0.15, -0.1) is 0 Å². The molecule has 1 aromatic rings. The first-order valence-corrected chi connectivity index (χ1v) is 5.00. The monoisotopic (exact) mass is 264 g/mol. The number of hydrogen-bond donors (Lipinski definition) is 3. The van der Waals surface area contributed by atoms with Gasteiger partial charge in [-0.1, -0.05) is 0 Å². The molecule has 2 rings (SSSR count). The van der Waals surface area contributed by atoms with E-state index >= 15 is 0 Å². The number of aliphatic hydroxyl groups excluding tert-OH is 2. The highest BCUT2D eigenvalue weighted by Crippen LogP contribution is 2.38. The van der Waals surface area contributed by atoms with Crippen LogP contribution < -0.4 is 11.2 Å². The van der Waals surface area contributed by atoms with E-state index in [2.05, 4.69) is 4.74 Å². The highest BCUT2D eigenvalue weighted by atomic mass is 19.2. The number of aliphatic hydroxyl groups is 2. The average Bonchev–Trinajstić information content (AvgIpc) is 2.55. The third-order valence-electron chi connectivity index (χ3n) is 2.67. The van der Waals surface area contributed by atoms with Gasteiger partial charge in [0.25, 0.3) is 11.4 Å². The minimum absolute atomic E-state index is 0.590. The Hall–Kier alpha value is -1.58. The number of nitrogens with zero attached hydrogens (tertiary/aromatic N) is 1. The van der Waals surface area contributed by atoms with Crippen LogP contribution in [-0.2, 0) is 4.74 Å². The predicted octanol–water partition coefficient (Wildman–Crippen LogP) is -1.58. The molecule has 1 unspecified atom stereocenters. The maximum atomic E-state index is 13.7. The molecule has 1 saturated heterocycles. The first kappa shape index (κ1) is 12.9. The summed E-state index contributed by atoms with van der Waals surface area (Å²) >= 11 is 0. The molecule has 1 fully saturated rings. The zero-order chi connectivity index (χ0) is 13.5. The van der Waals surface area contributed by atoms with Gasteiger partial charge in [-0.3, -0.25) is 14.3 Å². The number of H-pyrrole nitrogens is 1. The van der Waals surface area contributed by atoms with Crippen LogP contribution in [0.25, 0.3) is 0 Å². The molecule has 0 aliphatic carbocycles. The van der Waals surface area contributed by atoms with Crippen LogP contribution in [-0.4, -0.2) is 44.5 Å². The summed E-state index contributed by atoms with van der Waals surface area (Å²) in [6.07, 6.45) is -5.34. The molecule has 7 nitrogen and oxygen atoms in total. The molecule has 0 bridgehead atoms. The lowest BCUT2D eigenvalue weighted by Gasteiger charge is -2.19. The molecule has 2 heterocycles. The number of alkyl halides is 2. The summed E-state index contributed by atoms with van der Waals surface area (Å²) in [5, 5.41) is 18.0. The Bertz CT molecular complexity index is 558. The van der Waals surface area contributed by atoms with E-state index in [0.29, 0.717) is 4.57 Å². The summed E-state index contributed by atoms with van der Waals surface area (Å²) < 4.78 is 32.5. The van der Waals surface area contributed by atoms with E-state index in [-0.39, 0.29) is 0 Å². The molecule has 9 heteroatoms. The van der Waals surface area contributed by atoms with Crippen molar-refractivity contribution in [1.29, 1.82) is 0 Å². The molecule has 0 spiro atoms. The van der Waals surface area contributed by atoms with E-state index in [9.17, 15) is 23.5 Å². The standard InChI is InChI=1S/C9H10F2N2O5/c10-5-6(16)9(11,3-14)18-7(5)13-2-1-4(15)12-8(13)17/h1-2,5-7,14,16H,3H2,(H,12,15,17)/t5?,6-,7+,9+/m0/s1. The normalized spacial score (nSPS) is 35.9.